The number of carbonyl (C=O) groups is 1. The molecule has 1 aromatic carbocycles. The Morgan fingerprint density at radius 1 is 1.36 bits per heavy atom. The number of anilines is 1. The Kier molecular flexibility index (Phi) is 7.01. The molecule has 1 aromatic heterocycles. The molecule has 3 N–H and O–H groups in total. The normalized spacial score (nSPS) is 11.0. The lowest BCUT2D eigenvalue weighted by molar-refractivity contribution is 0.202. The molecule has 0 saturated carbocycles. The zero-order chi connectivity index (χ0) is 21.0. The molecule has 0 saturated heterocycles. The molecular formula is C20H27N3O4S. The van der Waals surface area contributed by atoms with Crippen molar-refractivity contribution >= 4 is 39.9 Å². The number of nitrogens with two attached hydrogens (primary N) is 1. The van der Waals surface area contributed by atoms with Gasteiger partial charge in [0.15, 0.2) is 11.6 Å². The first-order valence-electron chi connectivity index (χ1n) is 9.28. The minimum atomic E-state index is -1.18. The Balaban J connectivity index is 2.92. The Morgan fingerprint density at radius 3 is 2.57 bits per heavy atom. The van der Waals surface area contributed by atoms with Crippen LogP contribution in [0.5, 0.6) is 5.75 Å². The van der Waals surface area contributed by atoms with Crippen LogP contribution in [-0.4, -0.2) is 34.4 Å². The summed E-state index contributed by atoms with van der Waals surface area (Å²) in [5.41, 5.74) is 6.08. The summed E-state index contributed by atoms with van der Waals surface area (Å²) in [6.07, 6.45) is 0.545. The number of carboxylic acid groups (broad SMARTS) is 1. The maximum atomic E-state index is 13.2. The predicted octanol–water partition coefficient (Wildman–Crippen LogP) is 3.58. The van der Waals surface area contributed by atoms with Crippen LogP contribution in [0.15, 0.2) is 23.0 Å². The average Bonchev–Trinajstić information content (AvgIpc) is 2.63. The molecule has 0 radical (unpaired) electrons. The quantitative estimate of drug-likeness (QED) is 0.514. The highest BCUT2D eigenvalue weighted by Gasteiger charge is 2.25. The van der Waals surface area contributed by atoms with Crippen molar-refractivity contribution in [1.29, 1.82) is 0 Å². The smallest absolute Gasteiger partial charge is 0.412 e. The average molecular weight is 406 g/mol. The third kappa shape index (κ3) is 4.44. The first-order valence-corrected chi connectivity index (χ1v) is 9.69. The van der Waals surface area contributed by atoms with Gasteiger partial charge in [-0.25, -0.2) is 4.79 Å². The summed E-state index contributed by atoms with van der Waals surface area (Å²) in [6.45, 7) is 6.74. The van der Waals surface area contributed by atoms with E-state index in [1.807, 2.05) is 20.8 Å². The number of pyridine rings is 1. The minimum absolute atomic E-state index is 0.135. The van der Waals surface area contributed by atoms with Gasteiger partial charge in [-0.1, -0.05) is 45.5 Å². The van der Waals surface area contributed by atoms with Crippen LogP contribution in [0.3, 0.4) is 0 Å². The van der Waals surface area contributed by atoms with Crippen molar-refractivity contribution in [3.8, 4) is 5.75 Å². The topological polar surface area (TPSA) is 97.8 Å². The molecule has 28 heavy (non-hydrogen) atoms. The van der Waals surface area contributed by atoms with E-state index >= 15 is 0 Å². The number of hydrogen-bond acceptors (Lipinski definition) is 4. The third-order valence-electron chi connectivity index (χ3n) is 4.38. The van der Waals surface area contributed by atoms with Crippen molar-refractivity contribution in [2.45, 2.75) is 40.2 Å². The second-order valence-corrected chi connectivity index (χ2v) is 7.57. The number of fused-ring (bicyclic) bond motifs is 1. The van der Waals surface area contributed by atoms with Crippen molar-refractivity contribution in [2.24, 2.45) is 11.7 Å². The van der Waals surface area contributed by atoms with Gasteiger partial charge in [0.2, 0.25) is 0 Å². The summed E-state index contributed by atoms with van der Waals surface area (Å²) in [5, 5.41) is 10.6. The van der Waals surface area contributed by atoms with Gasteiger partial charge < -0.3 is 15.6 Å². The number of rotatable bonds is 8. The molecule has 0 aliphatic heterocycles. The summed E-state index contributed by atoms with van der Waals surface area (Å²) in [7, 11) is 1.41. The van der Waals surface area contributed by atoms with Crippen LogP contribution in [-0.2, 0) is 6.54 Å². The molecule has 0 spiro atoms. The highest BCUT2D eigenvalue weighted by Crippen LogP contribution is 2.35. The van der Waals surface area contributed by atoms with Crippen LogP contribution in [0.4, 0.5) is 10.6 Å². The van der Waals surface area contributed by atoms with Gasteiger partial charge in [0.05, 0.1) is 12.0 Å². The number of unbranched alkanes of at least 4 members (excludes halogenated alkanes) is 1. The Morgan fingerprint density at radius 2 is 2.04 bits per heavy atom. The van der Waals surface area contributed by atoms with Crippen LogP contribution in [0.1, 0.15) is 39.2 Å². The second-order valence-electron chi connectivity index (χ2n) is 7.13. The first-order chi connectivity index (χ1) is 13.2. The van der Waals surface area contributed by atoms with Gasteiger partial charge in [-0.15, -0.1) is 0 Å². The zero-order valence-corrected chi connectivity index (χ0v) is 17.5. The fourth-order valence-corrected chi connectivity index (χ4v) is 3.10. The number of aromatic nitrogens is 1. The van der Waals surface area contributed by atoms with E-state index in [4.69, 9.17) is 22.7 Å². The first kappa shape index (κ1) is 21.7. The van der Waals surface area contributed by atoms with Crippen LogP contribution in [0.2, 0.25) is 0 Å². The molecule has 152 valence electrons. The Bertz CT molecular complexity index is 953. The van der Waals surface area contributed by atoms with E-state index in [9.17, 15) is 14.7 Å². The number of benzene rings is 1. The lowest BCUT2D eigenvalue weighted by Gasteiger charge is -2.25. The summed E-state index contributed by atoms with van der Waals surface area (Å²) >= 11 is 5.07. The van der Waals surface area contributed by atoms with Crippen LogP contribution >= 0.6 is 12.2 Å². The Hall–Kier alpha value is -2.61. The van der Waals surface area contributed by atoms with E-state index < -0.39 is 6.09 Å². The molecule has 0 atom stereocenters. The molecule has 7 nitrogen and oxygen atoms in total. The maximum Gasteiger partial charge on any atom is 0.412 e. The standard InChI is InChI=1S/C20H27N3O4S/c1-5-6-9-27-16-15-10-13(17(21)28)7-8-14(15)19(24)23(11-12(2)3)18(16)22(4)20(25)26/h7-8,10,12H,5-6,9,11H2,1-4H3,(H2,21,28)(H,25,26). The number of nitrogens with zero attached hydrogens (tertiary/aromatic N) is 2. The van der Waals surface area contributed by atoms with Crippen molar-refractivity contribution in [2.75, 3.05) is 18.6 Å². The van der Waals surface area contributed by atoms with Crippen molar-refractivity contribution < 1.29 is 14.6 Å². The second kappa shape index (κ2) is 9.05. The van der Waals surface area contributed by atoms with Gasteiger partial charge in [-0.05, 0) is 24.5 Å². The predicted molar refractivity (Wildman–Crippen MR) is 116 cm³/mol. The van der Waals surface area contributed by atoms with E-state index in [0.717, 1.165) is 17.7 Å². The van der Waals surface area contributed by atoms with Crippen molar-refractivity contribution in [3.05, 3.63) is 34.1 Å². The molecule has 0 unspecified atom stereocenters. The minimum Gasteiger partial charge on any atom is -0.489 e. The highest BCUT2D eigenvalue weighted by molar-refractivity contribution is 7.80. The molecule has 0 fully saturated rings. The lowest BCUT2D eigenvalue weighted by atomic mass is 10.1. The largest absolute Gasteiger partial charge is 0.489 e. The SMILES string of the molecule is CCCCOc1c(N(C)C(=O)O)n(CC(C)C)c(=O)c2ccc(C(N)=S)cc12. The summed E-state index contributed by atoms with van der Waals surface area (Å²) in [5.74, 6) is 0.706. The van der Waals surface area contributed by atoms with E-state index in [2.05, 4.69) is 0 Å². The molecule has 1 heterocycles. The van der Waals surface area contributed by atoms with Crippen LogP contribution < -0.4 is 20.9 Å². The Labute approximate surface area is 169 Å². The summed E-state index contributed by atoms with van der Waals surface area (Å²) in [4.78, 5) is 26.2. The number of thiocarbonyl (C=S) groups is 1. The van der Waals surface area contributed by atoms with Gasteiger partial charge in [0, 0.05) is 24.5 Å². The van der Waals surface area contributed by atoms with Gasteiger partial charge in [-0.3, -0.25) is 14.3 Å². The fraction of sp³-hybridized carbons (Fsp3) is 0.450. The molecule has 8 heteroatoms. The summed E-state index contributed by atoms with van der Waals surface area (Å²) < 4.78 is 7.50. The van der Waals surface area contributed by atoms with Crippen LogP contribution in [0.25, 0.3) is 10.8 Å². The van der Waals surface area contributed by atoms with Gasteiger partial charge in [-0.2, -0.15) is 0 Å². The number of ether oxygens (including phenoxy) is 1. The highest BCUT2D eigenvalue weighted by atomic mass is 32.1. The fourth-order valence-electron chi connectivity index (χ4n) is 2.98. The lowest BCUT2D eigenvalue weighted by Crippen LogP contribution is -2.34. The summed E-state index contributed by atoms with van der Waals surface area (Å²) in [6, 6.07) is 5.06. The molecule has 0 bridgehead atoms. The van der Waals surface area contributed by atoms with E-state index in [0.29, 0.717) is 35.2 Å². The van der Waals surface area contributed by atoms with Gasteiger partial charge in [0.25, 0.3) is 5.56 Å². The molecule has 1 amide bonds. The van der Waals surface area contributed by atoms with E-state index in [1.54, 1.807) is 18.2 Å². The maximum absolute atomic E-state index is 13.2. The molecule has 2 aromatic rings. The molecule has 2 rings (SSSR count). The number of amides is 1. The monoisotopic (exact) mass is 405 g/mol. The van der Waals surface area contributed by atoms with Crippen LogP contribution in [0, 0.1) is 5.92 Å². The van der Waals surface area contributed by atoms with Crippen molar-refractivity contribution in [3.63, 3.8) is 0 Å². The van der Waals surface area contributed by atoms with Crippen molar-refractivity contribution in [1.82, 2.24) is 4.57 Å². The van der Waals surface area contributed by atoms with Gasteiger partial charge in [0.1, 0.15) is 4.99 Å². The molecular weight excluding hydrogens is 378 g/mol. The molecule has 0 aliphatic carbocycles. The number of hydrogen-bond donors (Lipinski definition) is 2. The van der Waals surface area contributed by atoms with Gasteiger partial charge >= 0.3 is 6.09 Å². The third-order valence-corrected chi connectivity index (χ3v) is 4.62. The zero-order valence-electron chi connectivity index (χ0n) is 16.7. The van der Waals surface area contributed by atoms with E-state index in [-0.39, 0.29) is 22.3 Å². The molecule has 0 aliphatic rings. The van der Waals surface area contributed by atoms with E-state index in [1.165, 1.54) is 11.6 Å².